The number of hydrazine groups is 1. The summed E-state index contributed by atoms with van der Waals surface area (Å²) in [5.41, 5.74) is 4.59. The largest absolute Gasteiger partial charge is 0.271 e. The monoisotopic (exact) mass is 302 g/mol. The summed E-state index contributed by atoms with van der Waals surface area (Å²) in [4.78, 5) is 1.01. The van der Waals surface area contributed by atoms with Crippen LogP contribution in [0.5, 0.6) is 0 Å². The first kappa shape index (κ1) is 13.7. The van der Waals surface area contributed by atoms with Gasteiger partial charge in [-0.25, -0.2) is 0 Å². The molecular weight excluding hydrogens is 291 g/mol. The van der Waals surface area contributed by atoms with Crippen LogP contribution < -0.4 is 11.3 Å². The molecule has 0 fully saturated rings. The lowest BCUT2D eigenvalue weighted by Crippen LogP contribution is -2.29. The molecule has 0 radical (unpaired) electrons. The minimum atomic E-state index is -0.0685. The van der Waals surface area contributed by atoms with Gasteiger partial charge in [-0.2, -0.15) is 0 Å². The fraction of sp³-hybridized carbons (Fsp3) is 0.273. The second-order valence-electron chi connectivity index (χ2n) is 3.86. The van der Waals surface area contributed by atoms with Crippen molar-refractivity contribution in [3.63, 3.8) is 0 Å². The maximum Gasteiger partial charge on any atom is 0.0773 e. The van der Waals surface area contributed by atoms with Gasteiger partial charge >= 0.3 is 0 Å². The van der Waals surface area contributed by atoms with Gasteiger partial charge in [0.2, 0.25) is 0 Å². The third-order valence-electron chi connectivity index (χ3n) is 2.66. The van der Waals surface area contributed by atoms with Crippen LogP contribution in [0.3, 0.4) is 0 Å². The van der Waals surface area contributed by atoms with Crippen LogP contribution in [0.15, 0.2) is 18.2 Å². The molecule has 0 saturated carbocycles. The van der Waals surface area contributed by atoms with Crippen LogP contribution in [0.4, 0.5) is 0 Å². The molecule has 1 atom stereocenters. The van der Waals surface area contributed by atoms with E-state index in [4.69, 9.17) is 29.0 Å². The van der Waals surface area contributed by atoms with Gasteiger partial charge in [-0.1, -0.05) is 39.8 Å². The number of halogens is 2. The van der Waals surface area contributed by atoms with Crippen molar-refractivity contribution in [1.82, 2.24) is 15.0 Å². The Morgan fingerprint density at radius 3 is 2.83 bits per heavy atom. The molecule has 96 valence electrons. The van der Waals surface area contributed by atoms with E-state index in [2.05, 4.69) is 15.0 Å². The molecule has 18 heavy (non-hydrogen) atoms. The number of aryl methyl sites for hydroxylation is 1. The van der Waals surface area contributed by atoms with Gasteiger partial charge in [-0.15, -0.1) is 5.10 Å². The summed E-state index contributed by atoms with van der Waals surface area (Å²) >= 11 is 13.5. The summed E-state index contributed by atoms with van der Waals surface area (Å²) in [6.07, 6.45) is 0.639. The number of aromatic nitrogens is 2. The van der Waals surface area contributed by atoms with Gasteiger partial charge in [0.05, 0.1) is 26.7 Å². The predicted octanol–water partition coefficient (Wildman–Crippen LogP) is 2.90. The number of benzene rings is 1. The summed E-state index contributed by atoms with van der Waals surface area (Å²) in [7, 11) is 0. The van der Waals surface area contributed by atoms with E-state index < -0.39 is 0 Å². The van der Waals surface area contributed by atoms with E-state index in [0.29, 0.717) is 16.5 Å². The summed E-state index contributed by atoms with van der Waals surface area (Å²) in [6, 6.07) is 5.50. The molecule has 0 aliphatic heterocycles. The van der Waals surface area contributed by atoms with Gasteiger partial charge in [-0.3, -0.25) is 11.3 Å². The van der Waals surface area contributed by atoms with Gasteiger partial charge < -0.3 is 0 Å². The van der Waals surface area contributed by atoms with E-state index in [9.17, 15) is 0 Å². The minimum absolute atomic E-state index is 0.0685. The van der Waals surface area contributed by atoms with E-state index in [1.165, 1.54) is 11.5 Å². The smallest absolute Gasteiger partial charge is 0.0773 e. The zero-order valence-electron chi connectivity index (χ0n) is 9.65. The zero-order valence-corrected chi connectivity index (χ0v) is 12.0. The molecule has 0 saturated heterocycles. The Morgan fingerprint density at radius 2 is 2.22 bits per heavy atom. The Morgan fingerprint density at radius 1 is 1.44 bits per heavy atom. The number of nitrogens with one attached hydrogen (secondary N) is 1. The topological polar surface area (TPSA) is 63.8 Å². The lowest BCUT2D eigenvalue weighted by molar-refractivity contribution is 0.557. The van der Waals surface area contributed by atoms with Crippen LogP contribution in [-0.4, -0.2) is 9.59 Å². The van der Waals surface area contributed by atoms with Gasteiger partial charge in [0.15, 0.2) is 0 Å². The highest BCUT2D eigenvalue weighted by Crippen LogP contribution is 2.30. The summed E-state index contributed by atoms with van der Waals surface area (Å²) < 4.78 is 3.91. The first-order valence-corrected chi connectivity index (χ1v) is 6.84. The van der Waals surface area contributed by atoms with Crippen molar-refractivity contribution in [2.24, 2.45) is 5.84 Å². The van der Waals surface area contributed by atoms with Crippen molar-refractivity contribution in [1.29, 1.82) is 0 Å². The molecule has 0 spiro atoms. The summed E-state index contributed by atoms with van der Waals surface area (Å²) in [5.74, 6) is 5.59. The van der Waals surface area contributed by atoms with Gasteiger partial charge in [-0.05, 0) is 36.5 Å². The predicted molar refractivity (Wildman–Crippen MR) is 74.9 cm³/mol. The maximum absolute atomic E-state index is 6.17. The standard InChI is InChI=1S/C11H12Cl2N4S/c1-6-11(18-17-16-6)9(15-14)5-7-3-2-4-8(12)10(7)13/h2-4,9,15H,5,14H2,1H3. The first-order valence-electron chi connectivity index (χ1n) is 5.31. The minimum Gasteiger partial charge on any atom is -0.271 e. The van der Waals surface area contributed by atoms with Gasteiger partial charge in [0.1, 0.15) is 0 Å². The fourth-order valence-corrected chi connectivity index (χ4v) is 2.81. The molecule has 1 aromatic carbocycles. The van der Waals surface area contributed by atoms with Crippen molar-refractivity contribution in [3.8, 4) is 0 Å². The molecule has 2 rings (SSSR count). The first-order chi connectivity index (χ1) is 8.63. The van der Waals surface area contributed by atoms with E-state index in [0.717, 1.165) is 16.1 Å². The number of nitrogens with zero attached hydrogens (tertiary/aromatic N) is 2. The Bertz CT molecular complexity index is 544. The van der Waals surface area contributed by atoms with Crippen molar-refractivity contribution in [2.75, 3.05) is 0 Å². The molecule has 0 amide bonds. The molecule has 1 aromatic heterocycles. The Kier molecular flexibility index (Phi) is 4.53. The molecule has 1 heterocycles. The molecule has 0 aliphatic rings. The summed E-state index contributed by atoms with van der Waals surface area (Å²) in [6.45, 7) is 1.91. The van der Waals surface area contributed by atoms with Crippen LogP contribution in [0.1, 0.15) is 22.2 Å². The van der Waals surface area contributed by atoms with Crippen molar-refractivity contribution < 1.29 is 0 Å². The Hall–Kier alpha value is -0.720. The van der Waals surface area contributed by atoms with Gasteiger partial charge in [0, 0.05) is 0 Å². The van der Waals surface area contributed by atoms with E-state index in [1.54, 1.807) is 6.07 Å². The lowest BCUT2D eigenvalue weighted by Gasteiger charge is -2.15. The quantitative estimate of drug-likeness (QED) is 0.673. The maximum atomic E-state index is 6.17. The Balaban J connectivity index is 2.26. The second-order valence-corrected chi connectivity index (χ2v) is 5.43. The zero-order chi connectivity index (χ0) is 13.1. The molecule has 7 heteroatoms. The van der Waals surface area contributed by atoms with E-state index >= 15 is 0 Å². The molecule has 0 aliphatic carbocycles. The van der Waals surface area contributed by atoms with Crippen molar-refractivity contribution in [3.05, 3.63) is 44.4 Å². The summed E-state index contributed by atoms with van der Waals surface area (Å²) in [5, 5.41) is 5.09. The third kappa shape index (κ3) is 2.81. The molecule has 1 unspecified atom stereocenters. The number of nitrogens with two attached hydrogens (primary N) is 1. The molecule has 4 nitrogen and oxygen atoms in total. The lowest BCUT2D eigenvalue weighted by atomic mass is 10.0. The van der Waals surface area contributed by atoms with Crippen LogP contribution in [0, 0.1) is 6.92 Å². The average molecular weight is 303 g/mol. The van der Waals surface area contributed by atoms with Crippen LogP contribution in [0.2, 0.25) is 10.0 Å². The third-order valence-corrected chi connectivity index (χ3v) is 4.46. The number of hydrogen-bond donors (Lipinski definition) is 2. The van der Waals surface area contributed by atoms with E-state index in [-0.39, 0.29) is 6.04 Å². The van der Waals surface area contributed by atoms with Gasteiger partial charge in [0.25, 0.3) is 0 Å². The van der Waals surface area contributed by atoms with Crippen LogP contribution in [-0.2, 0) is 6.42 Å². The molecule has 3 N–H and O–H groups in total. The van der Waals surface area contributed by atoms with Crippen LogP contribution in [0.25, 0.3) is 0 Å². The average Bonchev–Trinajstić information content (AvgIpc) is 2.77. The molecule has 2 aromatic rings. The number of hydrogen-bond acceptors (Lipinski definition) is 5. The fourth-order valence-electron chi connectivity index (χ4n) is 1.71. The highest BCUT2D eigenvalue weighted by atomic mass is 35.5. The normalized spacial score (nSPS) is 12.7. The highest BCUT2D eigenvalue weighted by molar-refractivity contribution is 7.05. The Labute approximate surface area is 119 Å². The molecule has 0 bridgehead atoms. The second kappa shape index (κ2) is 5.95. The molecular formula is C11H12Cl2N4S. The number of rotatable bonds is 4. The SMILES string of the molecule is Cc1nnsc1C(Cc1cccc(Cl)c1Cl)NN. The van der Waals surface area contributed by atoms with E-state index in [1.807, 2.05) is 19.1 Å². The van der Waals surface area contributed by atoms with Crippen LogP contribution >= 0.6 is 34.7 Å². The van der Waals surface area contributed by atoms with Crippen molar-refractivity contribution in [2.45, 2.75) is 19.4 Å². The van der Waals surface area contributed by atoms with Crippen molar-refractivity contribution >= 4 is 34.7 Å². The highest BCUT2D eigenvalue weighted by Gasteiger charge is 2.18.